The first kappa shape index (κ1) is 7.66. The molecule has 2 unspecified atom stereocenters. The Morgan fingerprint density at radius 3 is 2.80 bits per heavy atom. The fraction of sp³-hybridized carbons (Fsp3) is 0.833. The van der Waals surface area contributed by atoms with Crippen molar-refractivity contribution in [1.29, 1.82) is 0 Å². The molecule has 10 heavy (non-hydrogen) atoms. The summed E-state index contributed by atoms with van der Waals surface area (Å²) < 4.78 is 0. The number of nitrogens with zero attached hydrogens (tertiary/aromatic N) is 1. The minimum Gasteiger partial charge on any atom is -0.269 e. The molecule has 0 N–H and O–H groups in total. The lowest BCUT2D eigenvalue weighted by atomic mass is 10.2. The number of hydrogen-bond acceptors (Lipinski definition) is 2. The molecule has 0 aromatic carbocycles. The number of hydrogen-bond donors (Lipinski definition) is 0. The molecule has 0 aromatic rings. The molecule has 1 rings (SSSR count). The zero-order valence-electron chi connectivity index (χ0n) is 5.63. The first-order valence-electron chi connectivity index (χ1n) is 3.20. The molecule has 0 bridgehead atoms. The van der Waals surface area contributed by atoms with Crippen LogP contribution in [0.2, 0.25) is 0 Å². The Kier molecular flexibility index (Phi) is 1.77. The predicted octanol–water partition coefficient (Wildman–Crippen LogP) is 1.69. The van der Waals surface area contributed by atoms with Gasteiger partial charge in [0.25, 0.3) is 5.91 Å². The second-order valence-electron chi connectivity index (χ2n) is 2.57. The quantitative estimate of drug-likeness (QED) is 0.457. The first-order chi connectivity index (χ1) is 4.64. The maximum atomic E-state index is 10.6. The molecule has 3 nitrogen and oxygen atoms in total. The lowest BCUT2D eigenvalue weighted by Gasteiger charge is -1.98. The predicted molar refractivity (Wildman–Crippen MR) is 37.8 cm³/mol. The van der Waals surface area contributed by atoms with E-state index in [0.717, 1.165) is 6.42 Å². The fourth-order valence-corrected chi connectivity index (χ4v) is 1.29. The van der Waals surface area contributed by atoms with E-state index in [0.29, 0.717) is 6.42 Å². The largest absolute Gasteiger partial charge is 0.291 e. The number of carbonyl (C=O) groups is 1. The van der Waals surface area contributed by atoms with Crippen LogP contribution in [0.25, 0.3) is 0 Å². The minimum absolute atomic E-state index is 0.309. The van der Waals surface area contributed by atoms with Crippen molar-refractivity contribution in [2.75, 3.05) is 0 Å². The number of alkyl halides is 1. The number of halogens is 1. The highest BCUT2D eigenvalue weighted by molar-refractivity contribution is 6.28. The van der Waals surface area contributed by atoms with Gasteiger partial charge < -0.3 is 0 Å². The summed E-state index contributed by atoms with van der Waals surface area (Å²) in [7, 11) is 0. The van der Waals surface area contributed by atoms with Crippen LogP contribution < -0.4 is 0 Å². The normalized spacial score (nSPS) is 37.2. The molecule has 0 heterocycles. The van der Waals surface area contributed by atoms with Gasteiger partial charge in [0, 0.05) is 5.18 Å². The van der Waals surface area contributed by atoms with Gasteiger partial charge in [-0.2, -0.15) is 0 Å². The highest BCUT2D eigenvalue weighted by Crippen LogP contribution is 2.52. The lowest BCUT2D eigenvalue weighted by Crippen LogP contribution is -2.06. The van der Waals surface area contributed by atoms with Gasteiger partial charge in [0.1, 0.15) is 0 Å². The van der Waals surface area contributed by atoms with Gasteiger partial charge in [0.05, 0.1) is 10.8 Å². The zero-order valence-corrected chi connectivity index (χ0v) is 6.39. The Bertz CT molecular complexity index is 183. The van der Waals surface area contributed by atoms with Crippen LogP contribution >= 0.6 is 11.6 Å². The van der Waals surface area contributed by atoms with E-state index in [9.17, 15) is 9.70 Å². The maximum absolute atomic E-state index is 10.6. The summed E-state index contributed by atoms with van der Waals surface area (Å²) >= 11 is 5.85. The number of rotatable bonds is 2. The average Bonchev–Trinajstić information content (AvgIpc) is 2.62. The topological polar surface area (TPSA) is 46.5 Å². The summed E-state index contributed by atoms with van der Waals surface area (Å²) in [4.78, 5) is 19.9. The van der Waals surface area contributed by atoms with Crippen molar-refractivity contribution in [3.05, 3.63) is 4.91 Å². The van der Waals surface area contributed by atoms with E-state index in [-0.39, 0.29) is 5.92 Å². The Hall–Kier alpha value is -0.440. The zero-order chi connectivity index (χ0) is 7.78. The van der Waals surface area contributed by atoms with E-state index >= 15 is 0 Å². The lowest BCUT2D eigenvalue weighted by molar-refractivity contribution is -0.119. The summed E-state index contributed by atoms with van der Waals surface area (Å²) in [5.74, 6) is -0.909. The van der Waals surface area contributed by atoms with Crippen LogP contribution in [0.5, 0.6) is 0 Å². The van der Waals surface area contributed by atoms with Crippen molar-refractivity contribution in [3.8, 4) is 0 Å². The van der Waals surface area contributed by atoms with E-state index in [1.807, 2.05) is 6.92 Å². The molecule has 1 aliphatic rings. The van der Waals surface area contributed by atoms with Gasteiger partial charge in [0.15, 0.2) is 0 Å². The van der Waals surface area contributed by atoms with Crippen molar-refractivity contribution in [2.24, 2.45) is 11.1 Å². The average molecular weight is 162 g/mol. The third-order valence-corrected chi connectivity index (χ3v) is 2.67. The van der Waals surface area contributed by atoms with E-state index in [1.165, 1.54) is 0 Å². The Morgan fingerprint density at radius 2 is 2.50 bits per heavy atom. The standard InChI is InChI=1S/C6H8ClNO2/c1-2-6(7)3-4(6)5(9)8-10/h4H,2-3H2,1H3. The molecule has 0 radical (unpaired) electrons. The SMILES string of the molecule is CCC1(Cl)CC1C(=O)N=O. The van der Waals surface area contributed by atoms with Crippen LogP contribution in [0, 0.1) is 10.8 Å². The van der Waals surface area contributed by atoms with Crippen LogP contribution in [0.3, 0.4) is 0 Å². The molecular formula is C6H8ClNO2. The number of nitroso groups, excluding NO2 is 1. The molecule has 1 amide bonds. The smallest absolute Gasteiger partial charge is 0.269 e. The van der Waals surface area contributed by atoms with Crippen molar-refractivity contribution < 1.29 is 4.79 Å². The Labute approximate surface area is 63.7 Å². The fourth-order valence-electron chi connectivity index (χ4n) is 1.04. The molecule has 56 valence electrons. The summed E-state index contributed by atoms with van der Waals surface area (Å²) in [6.45, 7) is 1.89. The summed E-state index contributed by atoms with van der Waals surface area (Å²) in [6.07, 6.45) is 1.33. The monoisotopic (exact) mass is 161 g/mol. The van der Waals surface area contributed by atoms with Gasteiger partial charge in [-0.3, -0.25) is 4.79 Å². The molecule has 1 fully saturated rings. The molecule has 1 aliphatic carbocycles. The minimum atomic E-state index is -0.600. The van der Waals surface area contributed by atoms with E-state index in [4.69, 9.17) is 11.6 Å². The maximum Gasteiger partial charge on any atom is 0.291 e. The van der Waals surface area contributed by atoms with Gasteiger partial charge in [-0.1, -0.05) is 6.92 Å². The van der Waals surface area contributed by atoms with Crippen LogP contribution in [0.1, 0.15) is 19.8 Å². The van der Waals surface area contributed by atoms with Crippen LogP contribution in [0.15, 0.2) is 5.18 Å². The number of amides is 1. The van der Waals surface area contributed by atoms with Gasteiger partial charge in [-0.05, 0) is 12.8 Å². The summed E-state index contributed by atoms with van der Waals surface area (Å²) in [6, 6.07) is 0. The molecule has 4 heteroatoms. The third-order valence-electron chi connectivity index (χ3n) is 1.98. The van der Waals surface area contributed by atoms with Crippen molar-refractivity contribution in [2.45, 2.75) is 24.6 Å². The highest BCUT2D eigenvalue weighted by atomic mass is 35.5. The molecule has 0 aromatic heterocycles. The third kappa shape index (κ3) is 1.06. The van der Waals surface area contributed by atoms with Crippen molar-refractivity contribution >= 4 is 17.5 Å². The Balaban J connectivity index is 2.52. The van der Waals surface area contributed by atoms with Crippen LogP contribution in [-0.4, -0.2) is 10.8 Å². The summed E-state index contributed by atoms with van der Waals surface area (Å²) in [5.41, 5.74) is 0. The molecule has 2 atom stereocenters. The van der Waals surface area contributed by atoms with Gasteiger partial charge in [0.2, 0.25) is 0 Å². The van der Waals surface area contributed by atoms with E-state index in [1.54, 1.807) is 0 Å². The molecular weight excluding hydrogens is 154 g/mol. The highest BCUT2D eigenvalue weighted by Gasteiger charge is 2.56. The molecule has 0 aliphatic heterocycles. The second kappa shape index (κ2) is 2.31. The number of carbonyl (C=O) groups excluding carboxylic acids is 1. The molecule has 1 saturated carbocycles. The van der Waals surface area contributed by atoms with Crippen molar-refractivity contribution in [3.63, 3.8) is 0 Å². The van der Waals surface area contributed by atoms with Gasteiger partial charge in [-0.15, -0.1) is 16.5 Å². The summed E-state index contributed by atoms with van der Waals surface area (Å²) in [5, 5.41) is 2.32. The van der Waals surface area contributed by atoms with Crippen LogP contribution in [0.4, 0.5) is 0 Å². The Morgan fingerprint density at radius 1 is 1.90 bits per heavy atom. The van der Waals surface area contributed by atoms with Gasteiger partial charge >= 0.3 is 0 Å². The van der Waals surface area contributed by atoms with E-state index < -0.39 is 10.8 Å². The van der Waals surface area contributed by atoms with Crippen LogP contribution in [-0.2, 0) is 4.79 Å². The first-order valence-corrected chi connectivity index (χ1v) is 3.58. The van der Waals surface area contributed by atoms with Gasteiger partial charge in [-0.25, -0.2) is 0 Å². The van der Waals surface area contributed by atoms with E-state index in [2.05, 4.69) is 5.18 Å². The molecule has 0 saturated heterocycles. The molecule has 0 spiro atoms. The second-order valence-corrected chi connectivity index (χ2v) is 3.33. The van der Waals surface area contributed by atoms with Crippen molar-refractivity contribution in [1.82, 2.24) is 0 Å².